The van der Waals surface area contributed by atoms with Crippen molar-refractivity contribution >= 4 is 45.8 Å². The minimum Gasteiger partial charge on any atom is -0.507 e. The van der Waals surface area contributed by atoms with Gasteiger partial charge < -0.3 is 24.4 Å². The smallest absolute Gasteiger partial charge is 0.283 e. The van der Waals surface area contributed by atoms with Gasteiger partial charge in [0, 0.05) is 43.8 Å². The molecule has 0 aliphatic carbocycles. The number of halogens is 2. The van der Waals surface area contributed by atoms with Crippen LogP contribution in [0.15, 0.2) is 52.6 Å². The number of hydrogen-bond acceptors (Lipinski definition) is 7. The van der Waals surface area contributed by atoms with Crippen LogP contribution in [-0.4, -0.2) is 68.2 Å². The molecule has 1 fully saturated rings. The molecular formula is C34H34ClFN6O5. The highest BCUT2D eigenvalue weighted by Gasteiger charge is 2.46. The fourth-order valence-electron chi connectivity index (χ4n) is 6.95. The van der Waals surface area contributed by atoms with Crippen LogP contribution in [0.5, 0.6) is 5.75 Å². The van der Waals surface area contributed by atoms with E-state index in [1.807, 2.05) is 20.8 Å². The van der Waals surface area contributed by atoms with Gasteiger partial charge in [0.15, 0.2) is 5.65 Å². The molecule has 0 spiro atoms. The first kappa shape index (κ1) is 32.0. The van der Waals surface area contributed by atoms with Gasteiger partial charge in [-0.25, -0.2) is 9.37 Å². The second kappa shape index (κ2) is 11.4. The maximum atomic E-state index is 15.3. The summed E-state index contributed by atoms with van der Waals surface area (Å²) in [6.45, 7) is 11.2. The summed E-state index contributed by atoms with van der Waals surface area (Å²) in [5.74, 6) is -2.10. The Bertz CT molecular complexity index is 2140. The van der Waals surface area contributed by atoms with Gasteiger partial charge in [0.2, 0.25) is 5.91 Å². The number of anilines is 2. The van der Waals surface area contributed by atoms with E-state index in [9.17, 15) is 24.3 Å². The molecule has 13 heteroatoms. The van der Waals surface area contributed by atoms with E-state index in [0.717, 1.165) is 0 Å². The van der Waals surface area contributed by atoms with Crippen molar-refractivity contribution in [3.63, 3.8) is 0 Å². The van der Waals surface area contributed by atoms with Crippen LogP contribution < -0.4 is 20.9 Å². The van der Waals surface area contributed by atoms with E-state index in [2.05, 4.69) is 6.58 Å². The lowest BCUT2D eigenvalue weighted by atomic mass is 9.98. The van der Waals surface area contributed by atoms with Crippen LogP contribution in [0, 0.1) is 12.7 Å². The van der Waals surface area contributed by atoms with Gasteiger partial charge in [-0.2, -0.15) is 0 Å². The largest absolute Gasteiger partial charge is 0.507 e. The number of likely N-dealkylation sites (N-methyl/N-ethyl adjacent to an activating group) is 1. The molecule has 0 unspecified atom stereocenters. The molecule has 4 aromatic rings. The van der Waals surface area contributed by atoms with Crippen LogP contribution in [0.25, 0.3) is 28.0 Å². The highest BCUT2D eigenvalue weighted by molar-refractivity contribution is 6.34. The summed E-state index contributed by atoms with van der Waals surface area (Å²) in [5, 5.41) is 11.1. The number of aryl methyl sites for hydroxylation is 1. The predicted octanol–water partition coefficient (Wildman–Crippen LogP) is 4.25. The molecule has 1 saturated heterocycles. The number of rotatable bonds is 4. The molecule has 0 radical (unpaired) electrons. The van der Waals surface area contributed by atoms with Crippen molar-refractivity contribution < 1.29 is 19.1 Å². The summed E-state index contributed by atoms with van der Waals surface area (Å²) in [4.78, 5) is 64.0. The minimum atomic E-state index is -0.828. The first-order chi connectivity index (χ1) is 22.2. The van der Waals surface area contributed by atoms with Crippen molar-refractivity contribution in [3.8, 4) is 22.7 Å². The van der Waals surface area contributed by atoms with E-state index in [1.165, 1.54) is 51.4 Å². The zero-order valence-corrected chi connectivity index (χ0v) is 27.6. The monoisotopic (exact) mass is 660 g/mol. The van der Waals surface area contributed by atoms with Gasteiger partial charge in [-0.1, -0.05) is 38.1 Å². The van der Waals surface area contributed by atoms with Crippen LogP contribution >= 0.6 is 11.6 Å². The Hall–Kier alpha value is -4.97. The van der Waals surface area contributed by atoms with Crippen LogP contribution in [0.2, 0.25) is 5.02 Å². The normalized spacial score (nSPS) is 17.7. The van der Waals surface area contributed by atoms with E-state index < -0.39 is 23.2 Å². The molecule has 244 valence electrons. The Labute approximate surface area is 274 Å². The highest BCUT2D eigenvalue weighted by atomic mass is 35.5. The molecular weight excluding hydrogens is 627 g/mol. The van der Waals surface area contributed by atoms with Crippen molar-refractivity contribution in [2.45, 2.75) is 45.7 Å². The van der Waals surface area contributed by atoms with Gasteiger partial charge in [0.25, 0.3) is 17.0 Å². The summed E-state index contributed by atoms with van der Waals surface area (Å²) < 4.78 is 18.1. The number of phenols is 1. The van der Waals surface area contributed by atoms with Gasteiger partial charge in [0.1, 0.15) is 23.3 Å². The Balaban J connectivity index is 1.79. The Kier molecular flexibility index (Phi) is 7.74. The van der Waals surface area contributed by atoms with Crippen LogP contribution in [0.1, 0.15) is 37.9 Å². The minimum absolute atomic E-state index is 0.00353. The Morgan fingerprint density at radius 1 is 1.13 bits per heavy atom. The number of aromatic nitrogens is 3. The molecule has 1 aromatic carbocycles. The fraction of sp³-hybridized carbons (Fsp3) is 0.324. The Morgan fingerprint density at radius 2 is 1.83 bits per heavy atom. The molecule has 0 saturated carbocycles. The van der Waals surface area contributed by atoms with Crippen molar-refractivity contribution in [3.05, 3.63) is 85.8 Å². The number of fused-ring (bicyclic) bond motifs is 5. The molecule has 1 N–H and O–H groups in total. The van der Waals surface area contributed by atoms with Gasteiger partial charge in [-0.05, 0) is 49.6 Å². The average molecular weight is 661 g/mol. The van der Waals surface area contributed by atoms with Gasteiger partial charge in [-0.3, -0.25) is 23.7 Å². The summed E-state index contributed by atoms with van der Waals surface area (Å²) in [6.07, 6.45) is 1.20. The topological polar surface area (TPSA) is 121 Å². The number of nitrogens with zero attached hydrogens (tertiary/aromatic N) is 6. The third kappa shape index (κ3) is 4.72. The van der Waals surface area contributed by atoms with Crippen molar-refractivity contribution in [1.29, 1.82) is 0 Å². The van der Waals surface area contributed by atoms with E-state index >= 15 is 4.39 Å². The molecule has 2 atom stereocenters. The van der Waals surface area contributed by atoms with Crippen LogP contribution in [0.4, 0.5) is 15.8 Å². The lowest BCUT2D eigenvalue weighted by Crippen LogP contribution is -2.66. The summed E-state index contributed by atoms with van der Waals surface area (Å²) >= 11 is 6.84. The third-order valence-electron chi connectivity index (χ3n) is 9.13. The lowest BCUT2D eigenvalue weighted by Gasteiger charge is -2.49. The number of pyridine rings is 3. The number of hydrogen-bond donors (Lipinski definition) is 1. The summed E-state index contributed by atoms with van der Waals surface area (Å²) in [6, 6.07) is 5.62. The highest BCUT2D eigenvalue weighted by Crippen LogP contribution is 2.45. The number of piperazine rings is 1. The van der Waals surface area contributed by atoms with Gasteiger partial charge in [0.05, 0.1) is 34.2 Å². The second-order valence-corrected chi connectivity index (χ2v) is 12.8. The number of aromatic hydroxyl groups is 1. The van der Waals surface area contributed by atoms with E-state index in [4.69, 9.17) is 16.6 Å². The summed E-state index contributed by atoms with van der Waals surface area (Å²) in [7, 11) is 3.12. The molecule has 2 aliphatic rings. The van der Waals surface area contributed by atoms with E-state index in [1.54, 1.807) is 29.8 Å². The predicted molar refractivity (Wildman–Crippen MR) is 179 cm³/mol. The zero-order chi connectivity index (χ0) is 34.2. The van der Waals surface area contributed by atoms with Crippen molar-refractivity contribution in [1.82, 2.24) is 19.0 Å². The molecule has 6 rings (SSSR count). The number of carbonyl (C=O) groups excluding carboxylic acids is 2. The lowest BCUT2D eigenvalue weighted by molar-refractivity contribution is -0.130. The molecule has 2 aliphatic heterocycles. The quantitative estimate of drug-likeness (QED) is 0.325. The zero-order valence-electron chi connectivity index (χ0n) is 26.8. The SMILES string of the molecule is C=CC(=O)N1C[C@@H]2C(=O)N(C)c3c(c4cc(Cl)c(-c5c(O)cccc5F)nc4n(-c4c(C)cc(=O)n(C)c4C(C)C)c3=O)N2C[C@H]1C. The summed E-state index contributed by atoms with van der Waals surface area (Å²) in [5.41, 5.74) is 0.744. The van der Waals surface area contributed by atoms with Crippen LogP contribution in [-0.2, 0) is 16.6 Å². The average Bonchev–Trinajstić information content (AvgIpc) is 3.01. The maximum Gasteiger partial charge on any atom is 0.283 e. The third-order valence-corrected chi connectivity index (χ3v) is 9.42. The first-order valence-electron chi connectivity index (χ1n) is 15.1. The molecule has 3 aromatic heterocycles. The maximum absolute atomic E-state index is 15.3. The van der Waals surface area contributed by atoms with Crippen molar-refractivity contribution in [2.24, 2.45) is 7.05 Å². The standard InChI is InChI=1S/C34H34ClFN6O5/c1-8-24(44)40-15-22-33(46)39(7)31-30(41(22)14-18(40)5)19-13-20(35)27(26-21(36)10-9-11-23(26)43)37-32(19)42(34(31)47)29-17(4)12-25(45)38(6)28(29)16(2)3/h8-13,16,18,22,43H,1,14-15H2,2-7H3/t18-,22-/m1/s1. The van der Waals surface area contributed by atoms with Crippen LogP contribution in [0.3, 0.4) is 0 Å². The van der Waals surface area contributed by atoms with E-state index in [0.29, 0.717) is 28.0 Å². The molecule has 2 amide bonds. The van der Waals surface area contributed by atoms with E-state index in [-0.39, 0.29) is 70.0 Å². The van der Waals surface area contributed by atoms with Crippen molar-refractivity contribution in [2.75, 3.05) is 29.9 Å². The fourth-order valence-corrected chi connectivity index (χ4v) is 7.20. The number of amides is 2. The second-order valence-electron chi connectivity index (χ2n) is 12.4. The molecule has 5 heterocycles. The number of carbonyl (C=O) groups is 2. The number of phenolic OH excluding ortho intramolecular Hbond substituents is 1. The van der Waals surface area contributed by atoms with Gasteiger partial charge in [-0.15, -0.1) is 0 Å². The molecule has 47 heavy (non-hydrogen) atoms. The first-order valence-corrected chi connectivity index (χ1v) is 15.5. The Morgan fingerprint density at radius 3 is 2.47 bits per heavy atom. The number of benzene rings is 1. The van der Waals surface area contributed by atoms with Gasteiger partial charge >= 0.3 is 0 Å². The molecule has 11 nitrogen and oxygen atoms in total. The molecule has 0 bridgehead atoms.